The molecule has 1 aromatic carbocycles. The first-order valence-electron chi connectivity index (χ1n) is 5.94. The molecule has 7 heteroatoms. The van der Waals surface area contributed by atoms with Crippen LogP contribution in [0.4, 0.5) is 10.5 Å². The summed E-state index contributed by atoms with van der Waals surface area (Å²) >= 11 is 6.45. The summed E-state index contributed by atoms with van der Waals surface area (Å²) in [5.74, 6) is -0.531. The van der Waals surface area contributed by atoms with Crippen LogP contribution in [0.5, 0.6) is 0 Å². The molecular formula is C13H13ClN2O3S. The summed E-state index contributed by atoms with van der Waals surface area (Å²) in [7, 11) is 1.49. The van der Waals surface area contributed by atoms with Gasteiger partial charge in [0.15, 0.2) is 0 Å². The molecule has 5 nitrogen and oxygen atoms in total. The number of thioether (sulfide) groups is 1. The average Bonchev–Trinajstić information content (AvgIpc) is 2.68. The molecule has 1 aliphatic rings. The Balaban J connectivity index is 1.99. The Morgan fingerprint density at radius 3 is 2.50 bits per heavy atom. The number of halogens is 1. The first kappa shape index (κ1) is 14.9. The number of hydrogen-bond acceptors (Lipinski definition) is 4. The number of nitrogens with one attached hydrogen (secondary N) is 1. The van der Waals surface area contributed by atoms with Gasteiger partial charge in [0.1, 0.15) is 5.88 Å². The molecule has 0 saturated carbocycles. The topological polar surface area (TPSA) is 66.5 Å². The van der Waals surface area contributed by atoms with Crippen LogP contribution in [0.3, 0.4) is 0 Å². The molecule has 1 heterocycles. The Labute approximate surface area is 125 Å². The standard InChI is InChI=1S/C13H13ClN2O3S/c1-16-12(18)10(20-13(16)19)6-8-2-4-9(5-3-8)15-11(17)7-14/h2-5,10H,6-7H2,1H3,(H,15,17). The summed E-state index contributed by atoms with van der Waals surface area (Å²) in [5.41, 5.74) is 1.58. The van der Waals surface area contributed by atoms with E-state index in [-0.39, 0.29) is 28.2 Å². The lowest BCUT2D eigenvalue weighted by Gasteiger charge is -2.08. The third-order valence-electron chi connectivity index (χ3n) is 2.90. The van der Waals surface area contributed by atoms with Crippen molar-refractivity contribution in [3.63, 3.8) is 0 Å². The van der Waals surface area contributed by atoms with Crippen molar-refractivity contribution in [3.05, 3.63) is 29.8 Å². The van der Waals surface area contributed by atoms with Crippen molar-refractivity contribution in [2.24, 2.45) is 0 Å². The van der Waals surface area contributed by atoms with Crippen molar-refractivity contribution in [3.8, 4) is 0 Å². The van der Waals surface area contributed by atoms with E-state index in [9.17, 15) is 14.4 Å². The number of carbonyl (C=O) groups is 3. The Kier molecular flexibility index (Phi) is 4.67. The number of anilines is 1. The van der Waals surface area contributed by atoms with Gasteiger partial charge in [0.05, 0.1) is 5.25 Å². The van der Waals surface area contributed by atoms with Crippen molar-refractivity contribution in [1.82, 2.24) is 4.90 Å². The van der Waals surface area contributed by atoms with Crippen LogP contribution in [0.2, 0.25) is 0 Å². The zero-order valence-electron chi connectivity index (χ0n) is 10.8. The van der Waals surface area contributed by atoms with E-state index >= 15 is 0 Å². The zero-order valence-corrected chi connectivity index (χ0v) is 12.3. The maximum atomic E-state index is 11.8. The van der Waals surface area contributed by atoms with Gasteiger partial charge in [0.2, 0.25) is 11.8 Å². The van der Waals surface area contributed by atoms with Gasteiger partial charge < -0.3 is 5.32 Å². The fourth-order valence-electron chi connectivity index (χ4n) is 1.82. The van der Waals surface area contributed by atoms with E-state index in [1.807, 2.05) is 12.1 Å². The molecule has 0 radical (unpaired) electrons. The second kappa shape index (κ2) is 6.28. The molecule has 1 N–H and O–H groups in total. The van der Waals surface area contributed by atoms with Gasteiger partial charge >= 0.3 is 0 Å². The van der Waals surface area contributed by atoms with Crippen LogP contribution in [-0.4, -0.2) is 40.1 Å². The minimum Gasteiger partial charge on any atom is -0.325 e. The van der Waals surface area contributed by atoms with Crippen molar-refractivity contribution >= 4 is 46.1 Å². The number of amides is 3. The highest BCUT2D eigenvalue weighted by Crippen LogP contribution is 2.28. The normalized spacial score (nSPS) is 18.5. The number of alkyl halides is 1. The van der Waals surface area contributed by atoms with Gasteiger partial charge in [-0.15, -0.1) is 11.6 Å². The summed E-state index contributed by atoms with van der Waals surface area (Å²) in [6.45, 7) is 0. The Bertz CT molecular complexity index is 547. The second-order valence-corrected chi connectivity index (χ2v) is 5.77. The molecule has 1 unspecified atom stereocenters. The number of hydrogen-bond donors (Lipinski definition) is 1. The number of carbonyl (C=O) groups excluding carboxylic acids is 3. The van der Waals surface area contributed by atoms with E-state index in [0.717, 1.165) is 22.2 Å². The molecule has 0 spiro atoms. The molecule has 20 heavy (non-hydrogen) atoms. The van der Waals surface area contributed by atoms with E-state index in [2.05, 4.69) is 5.32 Å². The van der Waals surface area contributed by atoms with Crippen LogP contribution in [0, 0.1) is 0 Å². The maximum Gasteiger partial charge on any atom is 0.288 e. The first-order chi connectivity index (χ1) is 9.51. The number of nitrogens with zero attached hydrogens (tertiary/aromatic N) is 1. The van der Waals surface area contributed by atoms with E-state index < -0.39 is 0 Å². The van der Waals surface area contributed by atoms with Gasteiger partial charge in [0, 0.05) is 12.7 Å². The second-order valence-electron chi connectivity index (χ2n) is 4.35. The van der Waals surface area contributed by atoms with Crippen LogP contribution in [0.15, 0.2) is 24.3 Å². The number of imide groups is 1. The van der Waals surface area contributed by atoms with Crippen molar-refractivity contribution in [1.29, 1.82) is 0 Å². The third-order valence-corrected chi connectivity index (χ3v) is 4.27. The van der Waals surface area contributed by atoms with Gasteiger partial charge in [-0.1, -0.05) is 23.9 Å². The van der Waals surface area contributed by atoms with Crippen LogP contribution in [-0.2, 0) is 16.0 Å². The molecule has 106 valence electrons. The van der Waals surface area contributed by atoms with E-state index in [1.54, 1.807) is 12.1 Å². The molecule has 1 saturated heterocycles. The fourth-order valence-corrected chi connectivity index (χ4v) is 2.91. The molecule has 0 aliphatic carbocycles. The van der Waals surface area contributed by atoms with E-state index in [1.165, 1.54) is 7.05 Å². The van der Waals surface area contributed by atoms with Crippen molar-refractivity contribution < 1.29 is 14.4 Å². The minimum atomic E-state index is -0.365. The highest BCUT2D eigenvalue weighted by atomic mass is 35.5. The molecule has 1 aromatic rings. The molecule has 0 aromatic heterocycles. The first-order valence-corrected chi connectivity index (χ1v) is 7.35. The summed E-state index contributed by atoms with van der Waals surface area (Å²) in [5, 5.41) is 2.05. The van der Waals surface area contributed by atoms with Gasteiger partial charge in [0.25, 0.3) is 5.24 Å². The lowest BCUT2D eigenvalue weighted by Crippen LogP contribution is -2.28. The van der Waals surface area contributed by atoms with Crippen LogP contribution >= 0.6 is 23.4 Å². The number of rotatable bonds is 4. The highest BCUT2D eigenvalue weighted by Gasteiger charge is 2.36. The van der Waals surface area contributed by atoms with E-state index in [0.29, 0.717) is 12.1 Å². The monoisotopic (exact) mass is 312 g/mol. The molecule has 1 aliphatic heterocycles. The predicted molar refractivity (Wildman–Crippen MR) is 79.0 cm³/mol. The molecular weight excluding hydrogens is 300 g/mol. The Morgan fingerprint density at radius 1 is 1.35 bits per heavy atom. The lowest BCUT2D eigenvalue weighted by molar-refractivity contribution is -0.125. The molecule has 3 amide bonds. The quantitative estimate of drug-likeness (QED) is 0.865. The maximum absolute atomic E-state index is 11.8. The zero-order chi connectivity index (χ0) is 14.7. The Hall–Kier alpha value is -1.53. The van der Waals surface area contributed by atoms with Gasteiger partial charge in [-0.05, 0) is 24.1 Å². The molecule has 1 fully saturated rings. The predicted octanol–water partition coefficient (Wildman–Crippen LogP) is 2.10. The van der Waals surface area contributed by atoms with Crippen molar-refractivity contribution in [2.75, 3.05) is 18.2 Å². The molecule has 2 rings (SSSR count). The number of benzene rings is 1. The highest BCUT2D eigenvalue weighted by molar-refractivity contribution is 8.15. The lowest BCUT2D eigenvalue weighted by atomic mass is 10.1. The smallest absolute Gasteiger partial charge is 0.288 e. The van der Waals surface area contributed by atoms with Crippen LogP contribution < -0.4 is 5.32 Å². The molecule has 1 atom stereocenters. The van der Waals surface area contributed by atoms with Gasteiger partial charge in [-0.3, -0.25) is 19.3 Å². The molecule has 0 bridgehead atoms. The fraction of sp³-hybridized carbons (Fsp3) is 0.308. The Morgan fingerprint density at radius 2 is 2.00 bits per heavy atom. The summed E-state index contributed by atoms with van der Waals surface area (Å²) in [4.78, 5) is 35.5. The van der Waals surface area contributed by atoms with Crippen LogP contribution in [0.1, 0.15) is 5.56 Å². The largest absolute Gasteiger partial charge is 0.325 e. The average molecular weight is 313 g/mol. The minimum absolute atomic E-state index is 0.0938. The summed E-state index contributed by atoms with van der Waals surface area (Å²) < 4.78 is 0. The third kappa shape index (κ3) is 3.32. The summed E-state index contributed by atoms with van der Waals surface area (Å²) in [6.07, 6.45) is 0.489. The van der Waals surface area contributed by atoms with Gasteiger partial charge in [-0.2, -0.15) is 0 Å². The van der Waals surface area contributed by atoms with E-state index in [4.69, 9.17) is 11.6 Å². The van der Waals surface area contributed by atoms with Crippen LogP contribution in [0.25, 0.3) is 0 Å². The SMILES string of the molecule is CN1C(=O)SC(Cc2ccc(NC(=O)CCl)cc2)C1=O. The van der Waals surface area contributed by atoms with Crippen molar-refractivity contribution in [2.45, 2.75) is 11.7 Å². The van der Waals surface area contributed by atoms with Gasteiger partial charge in [-0.25, -0.2) is 0 Å². The summed E-state index contributed by atoms with van der Waals surface area (Å²) in [6, 6.07) is 7.13.